The molecule has 9 nitrogen and oxygen atoms in total. The van der Waals surface area contributed by atoms with Gasteiger partial charge in [0, 0.05) is 60.1 Å². The van der Waals surface area contributed by atoms with Gasteiger partial charge in [-0.1, -0.05) is 52.7 Å². The van der Waals surface area contributed by atoms with Crippen LogP contribution in [-0.2, 0) is 41.2 Å². The zero-order chi connectivity index (χ0) is 38.4. The molecule has 0 atom stereocenters. The van der Waals surface area contributed by atoms with E-state index in [-0.39, 0.29) is 18.5 Å². The SMILES string of the molecule is CCOC(=O)c1c(CCCOc2cccc3cc(F)ccc23)c2ccc(Cl)c(-c3c(CBr)nn(C)c3CC)c2n1CCCCN(C)C(=O)OC(C)(C)C. The van der Waals surface area contributed by atoms with Crippen LogP contribution in [0.3, 0.4) is 0 Å². The second-order valence-corrected chi connectivity index (χ2v) is 15.0. The van der Waals surface area contributed by atoms with E-state index in [1.807, 2.05) is 62.8 Å². The fraction of sp³-hybridized carbons (Fsp3) is 0.439. The summed E-state index contributed by atoms with van der Waals surface area (Å²) in [5.41, 5.74) is 5.25. The Hall–Kier alpha value is -4.09. The highest BCUT2D eigenvalue weighted by atomic mass is 79.9. The van der Waals surface area contributed by atoms with E-state index in [0.717, 1.165) is 56.2 Å². The minimum Gasteiger partial charge on any atom is -0.493 e. The number of amides is 1. The number of fused-ring (bicyclic) bond motifs is 2. The van der Waals surface area contributed by atoms with Crippen molar-refractivity contribution in [3.63, 3.8) is 0 Å². The molecule has 0 spiro atoms. The molecule has 0 N–H and O–H groups in total. The van der Waals surface area contributed by atoms with Crippen molar-refractivity contribution < 1.29 is 28.2 Å². The Kier molecular flexibility index (Phi) is 13.1. The van der Waals surface area contributed by atoms with E-state index in [4.69, 9.17) is 30.9 Å². The Bertz CT molecular complexity index is 2100. The number of aryl methyl sites for hydroxylation is 3. The maximum Gasteiger partial charge on any atom is 0.410 e. The summed E-state index contributed by atoms with van der Waals surface area (Å²) in [5, 5.41) is 8.41. The summed E-state index contributed by atoms with van der Waals surface area (Å²) in [5.74, 6) is -0.0362. The molecule has 0 saturated carbocycles. The quantitative estimate of drug-likeness (QED) is 0.0594. The van der Waals surface area contributed by atoms with E-state index in [1.165, 1.54) is 12.1 Å². The second kappa shape index (κ2) is 17.4. The lowest BCUT2D eigenvalue weighted by Crippen LogP contribution is -2.34. The number of aromatic nitrogens is 3. The molecule has 2 aromatic heterocycles. The van der Waals surface area contributed by atoms with Crippen LogP contribution >= 0.6 is 27.5 Å². The molecule has 0 bridgehead atoms. The number of nitrogens with zero attached hydrogens (tertiary/aromatic N) is 4. The normalized spacial score (nSPS) is 11.7. The fourth-order valence-corrected chi connectivity index (χ4v) is 7.52. The molecule has 0 aliphatic heterocycles. The summed E-state index contributed by atoms with van der Waals surface area (Å²) in [4.78, 5) is 28.2. The Balaban J connectivity index is 1.56. The molecule has 0 fully saturated rings. The Morgan fingerprint density at radius 1 is 1.02 bits per heavy atom. The average Bonchev–Trinajstić information content (AvgIpc) is 3.60. The molecule has 0 aliphatic rings. The molecule has 0 aliphatic carbocycles. The molecule has 284 valence electrons. The van der Waals surface area contributed by atoms with Crippen LogP contribution in [-0.4, -0.2) is 63.7 Å². The number of halogens is 3. The summed E-state index contributed by atoms with van der Waals surface area (Å²) in [6.45, 7) is 11.0. The summed E-state index contributed by atoms with van der Waals surface area (Å²) in [7, 11) is 3.67. The van der Waals surface area contributed by atoms with Crippen molar-refractivity contribution in [1.29, 1.82) is 0 Å². The predicted octanol–water partition coefficient (Wildman–Crippen LogP) is 10.3. The summed E-state index contributed by atoms with van der Waals surface area (Å²) in [6.07, 6.45) is 2.81. The molecular weight excluding hydrogens is 763 g/mol. The number of hydrogen-bond acceptors (Lipinski definition) is 6. The minimum atomic E-state index is -0.590. The lowest BCUT2D eigenvalue weighted by Gasteiger charge is -2.24. The van der Waals surface area contributed by atoms with Crippen LogP contribution in [0.5, 0.6) is 5.75 Å². The molecule has 2 heterocycles. The average molecular weight is 812 g/mol. The minimum absolute atomic E-state index is 0.217. The molecule has 5 rings (SSSR count). The monoisotopic (exact) mass is 810 g/mol. The van der Waals surface area contributed by atoms with Gasteiger partial charge in [-0.3, -0.25) is 4.68 Å². The zero-order valence-corrected chi connectivity index (χ0v) is 34.0. The lowest BCUT2D eigenvalue weighted by molar-refractivity contribution is 0.0296. The van der Waals surface area contributed by atoms with Crippen molar-refractivity contribution in [3.05, 3.63) is 82.0 Å². The van der Waals surface area contributed by atoms with Gasteiger partial charge in [0.2, 0.25) is 0 Å². The van der Waals surface area contributed by atoms with Crippen LogP contribution in [0.25, 0.3) is 32.8 Å². The molecule has 53 heavy (non-hydrogen) atoms. The predicted molar refractivity (Wildman–Crippen MR) is 213 cm³/mol. The molecule has 0 saturated heterocycles. The number of unbranched alkanes of at least 4 members (excludes halogenated alkanes) is 1. The van der Waals surface area contributed by atoms with Crippen LogP contribution in [0.1, 0.15) is 81.3 Å². The maximum absolute atomic E-state index is 14.0. The number of hydrogen-bond donors (Lipinski definition) is 0. The summed E-state index contributed by atoms with van der Waals surface area (Å²) >= 11 is 10.8. The zero-order valence-electron chi connectivity index (χ0n) is 31.7. The first kappa shape index (κ1) is 40.1. The van der Waals surface area contributed by atoms with E-state index in [9.17, 15) is 14.0 Å². The Morgan fingerprint density at radius 2 is 1.77 bits per heavy atom. The number of carbonyl (C=O) groups is 2. The first-order valence-electron chi connectivity index (χ1n) is 18.2. The highest BCUT2D eigenvalue weighted by Gasteiger charge is 2.29. The molecular formula is C41H49BrClFN4O5. The van der Waals surface area contributed by atoms with Crippen molar-refractivity contribution in [3.8, 4) is 16.9 Å². The van der Waals surface area contributed by atoms with Crippen molar-refractivity contribution in [2.24, 2.45) is 7.05 Å². The van der Waals surface area contributed by atoms with Gasteiger partial charge in [-0.25, -0.2) is 14.0 Å². The fourth-order valence-electron chi connectivity index (χ4n) is 6.88. The van der Waals surface area contributed by atoms with Crippen LogP contribution in [0.15, 0.2) is 48.5 Å². The van der Waals surface area contributed by atoms with E-state index in [0.29, 0.717) is 67.2 Å². The molecule has 5 aromatic rings. The van der Waals surface area contributed by atoms with Crippen LogP contribution in [0.4, 0.5) is 9.18 Å². The van der Waals surface area contributed by atoms with Crippen molar-refractivity contribution in [2.75, 3.05) is 26.8 Å². The second-order valence-electron chi connectivity index (χ2n) is 14.1. The third-order valence-corrected chi connectivity index (χ3v) is 10.0. The number of alkyl halides is 1. The maximum atomic E-state index is 14.0. The van der Waals surface area contributed by atoms with Gasteiger partial charge >= 0.3 is 12.1 Å². The smallest absolute Gasteiger partial charge is 0.410 e. The van der Waals surface area contributed by atoms with Gasteiger partial charge in [-0.15, -0.1) is 0 Å². The highest BCUT2D eigenvalue weighted by Crippen LogP contribution is 2.43. The molecule has 3 aromatic carbocycles. The van der Waals surface area contributed by atoms with E-state index < -0.39 is 11.6 Å². The third kappa shape index (κ3) is 9.00. The number of carbonyl (C=O) groups excluding carboxylic acids is 2. The van der Waals surface area contributed by atoms with Crippen LogP contribution in [0.2, 0.25) is 5.02 Å². The van der Waals surface area contributed by atoms with Crippen LogP contribution < -0.4 is 4.74 Å². The van der Waals surface area contributed by atoms with Gasteiger partial charge in [0.1, 0.15) is 22.9 Å². The highest BCUT2D eigenvalue weighted by molar-refractivity contribution is 9.08. The number of benzene rings is 3. The van der Waals surface area contributed by atoms with Gasteiger partial charge in [-0.2, -0.15) is 5.10 Å². The number of esters is 1. The summed E-state index contributed by atoms with van der Waals surface area (Å²) < 4.78 is 35.4. The van der Waals surface area contributed by atoms with Crippen molar-refractivity contribution in [2.45, 2.75) is 84.2 Å². The first-order chi connectivity index (χ1) is 25.3. The molecule has 1 amide bonds. The van der Waals surface area contributed by atoms with E-state index in [1.54, 1.807) is 24.9 Å². The van der Waals surface area contributed by atoms with Gasteiger partial charge in [0.05, 0.1) is 29.4 Å². The Labute approximate surface area is 324 Å². The Morgan fingerprint density at radius 3 is 2.47 bits per heavy atom. The van der Waals surface area contributed by atoms with E-state index in [2.05, 4.69) is 27.4 Å². The third-order valence-electron chi connectivity index (χ3n) is 9.16. The summed E-state index contributed by atoms with van der Waals surface area (Å²) in [6, 6.07) is 14.1. The van der Waals surface area contributed by atoms with Gasteiger partial charge in [0.15, 0.2) is 0 Å². The van der Waals surface area contributed by atoms with Crippen molar-refractivity contribution >= 4 is 61.3 Å². The van der Waals surface area contributed by atoms with Gasteiger partial charge in [0.25, 0.3) is 0 Å². The molecule has 0 unspecified atom stereocenters. The van der Waals surface area contributed by atoms with Gasteiger partial charge < -0.3 is 23.7 Å². The standard InChI is InChI=1S/C41H49BrClFN4O5/c1-8-33-36(32(25-42)45-47(33)7)35-31(43)20-19-30-29(15-13-23-52-34-16-12-14-26-24-27(44)17-18-28(26)34)38(39(49)51-9-2)48(37(30)35)22-11-10-21-46(6)40(50)53-41(3,4)5/h12,14,16-20,24H,8-11,13,15,21-23,25H2,1-7H3. The van der Waals surface area contributed by atoms with Crippen molar-refractivity contribution in [1.82, 2.24) is 19.2 Å². The first-order valence-corrected chi connectivity index (χ1v) is 19.7. The van der Waals surface area contributed by atoms with E-state index >= 15 is 0 Å². The van der Waals surface area contributed by atoms with Gasteiger partial charge in [-0.05, 0) is 101 Å². The number of ether oxygens (including phenoxy) is 3. The lowest BCUT2D eigenvalue weighted by atomic mass is 9.97. The number of rotatable bonds is 15. The van der Waals surface area contributed by atoms with Crippen LogP contribution in [0, 0.1) is 5.82 Å². The largest absolute Gasteiger partial charge is 0.493 e. The molecule has 12 heteroatoms. The topological polar surface area (TPSA) is 87.8 Å². The molecule has 0 radical (unpaired) electrons.